The Bertz CT molecular complexity index is 1670. The second kappa shape index (κ2) is 16.0. The number of ether oxygens (including phenoxy) is 1. The lowest BCUT2D eigenvalue weighted by atomic mass is 10.0. The van der Waals surface area contributed by atoms with Gasteiger partial charge < -0.3 is 15.0 Å². The zero-order chi connectivity index (χ0) is 32.4. The Morgan fingerprint density at radius 3 is 2.11 bits per heavy atom. The molecule has 0 spiro atoms. The summed E-state index contributed by atoms with van der Waals surface area (Å²) >= 11 is 4.95. The number of likely N-dealkylation sites (N-methyl/N-ethyl adjacent to an activating group) is 1. The summed E-state index contributed by atoms with van der Waals surface area (Å²) in [6, 6.07) is 29.1. The fourth-order valence-electron chi connectivity index (χ4n) is 4.79. The van der Waals surface area contributed by atoms with Crippen molar-refractivity contribution in [1.82, 2.24) is 10.2 Å². The topological polar surface area (TPSA) is 96.0 Å². The molecule has 0 radical (unpaired) electrons. The molecule has 8 nitrogen and oxygen atoms in total. The predicted molar refractivity (Wildman–Crippen MR) is 183 cm³/mol. The lowest BCUT2D eigenvalue weighted by Crippen LogP contribution is -2.53. The SMILES string of the molecule is CCOc1ccc(N(CC(=O)N(Cc2ccc(Br)cc2)[C@H](Cc2ccccc2)C(=O)NC)S(=O)(=O)c2ccc(SC)cc2)cc1. The molecule has 0 aliphatic rings. The van der Waals surface area contributed by atoms with Crippen LogP contribution in [0.3, 0.4) is 0 Å². The molecule has 0 saturated heterocycles. The normalized spacial score (nSPS) is 11.8. The van der Waals surface area contributed by atoms with Crippen molar-refractivity contribution in [3.8, 4) is 5.75 Å². The quantitative estimate of drug-likeness (QED) is 0.158. The zero-order valence-corrected chi connectivity index (χ0v) is 28.6. The van der Waals surface area contributed by atoms with Crippen LogP contribution in [0, 0.1) is 0 Å². The Kier molecular flexibility index (Phi) is 12.1. The highest BCUT2D eigenvalue weighted by atomic mass is 79.9. The molecule has 0 saturated carbocycles. The first kappa shape index (κ1) is 34.1. The number of halogens is 1. The van der Waals surface area contributed by atoms with Gasteiger partial charge in [-0.25, -0.2) is 8.42 Å². The van der Waals surface area contributed by atoms with E-state index in [0.29, 0.717) is 18.0 Å². The first-order valence-corrected chi connectivity index (χ1v) is 17.8. The van der Waals surface area contributed by atoms with Crippen molar-refractivity contribution in [1.29, 1.82) is 0 Å². The number of carbonyl (C=O) groups is 2. The highest BCUT2D eigenvalue weighted by Crippen LogP contribution is 2.28. The Labute approximate surface area is 278 Å². The van der Waals surface area contributed by atoms with Crippen molar-refractivity contribution < 1.29 is 22.7 Å². The van der Waals surface area contributed by atoms with Gasteiger partial charge in [-0.2, -0.15) is 0 Å². The number of hydrogen-bond donors (Lipinski definition) is 1. The van der Waals surface area contributed by atoms with E-state index in [-0.39, 0.29) is 23.8 Å². The molecule has 4 aromatic rings. The summed E-state index contributed by atoms with van der Waals surface area (Å²) in [7, 11) is -2.67. The number of thioether (sulfide) groups is 1. The zero-order valence-electron chi connectivity index (χ0n) is 25.4. The van der Waals surface area contributed by atoms with Gasteiger partial charge in [0.1, 0.15) is 18.3 Å². The van der Waals surface area contributed by atoms with Gasteiger partial charge in [-0.3, -0.25) is 13.9 Å². The maximum absolute atomic E-state index is 14.4. The van der Waals surface area contributed by atoms with E-state index >= 15 is 0 Å². The van der Waals surface area contributed by atoms with Gasteiger partial charge in [-0.1, -0.05) is 58.4 Å². The monoisotopic (exact) mass is 709 g/mol. The molecule has 0 aliphatic carbocycles. The van der Waals surface area contributed by atoms with Gasteiger partial charge in [0.2, 0.25) is 11.8 Å². The van der Waals surface area contributed by atoms with E-state index in [1.807, 2.05) is 67.8 Å². The number of nitrogens with zero attached hydrogens (tertiary/aromatic N) is 2. The molecule has 1 atom stereocenters. The van der Waals surface area contributed by atoms with Crippen molar-refractivity contribution in [3.05, 3.63) is 119 Å². The summed E-state index contributed by atoms with van der Waals surface area (Å²) < 4.78 is 35.9. The minimum Gasteiger partial charge on any atom is -0.494 e. The van der Waals surface area contributed by atoms with Crippen LogP contribution in [0.2, 0.25) is 0 Å². The number of carbonyl (C=O) groups excluding carboxylic acids is 2. The molecule has 236 valence electrons. The van der Waals surface area contributed by atoms with E-state index in [4.69, 9.17) is 4.74 Å². The van der Waals surface area contributed by atoms with Gasteiger partial charge in [0.05, 0.1) is 17.2 Å². The average molecular weight is 711 g/mol. The number of benzene rings is 4. The fourth-order valence-corrected chi connectivity index (χ4v) is 6.87. The molecular formula is C34H36BrN3O5S2. The van der Waals surface area contributed by atoms with Gasteiger partial charge in [-0.05, 0) is 85.0 Å². The summed E-state index contributed by atoms with van der Waals surface area (Å²) in [6.45, 7) is 1.88. The Morgan fingerprint density at radius 1 is 0.889 bits per heavy atom. The van der Waals surface area contributed by atoms with Crippen LogP contribution in [0.15, 0.2) is 117 Å². The number of nitrogens with one attached hydrogen (secondary N) is 1. The maximum Gasteiger partial charge on any atom is 0.264 e. The summed E-state index contributed by atoms with van der Waals surface area (Å²) in [6.07, 6.45) is 2.15. The minimum absolute atomic E-state index is 0.0496. The van der Waals surface area contributed by atoms with Crippen LogP contribution in [-0.4, -0.2) is 57.6 Å². The molecule has 11 heteroatoms. The lowest BCUT2D eigenvalue weighted by Gasteiger charge is -2.33. The van der Waals surface area contributed by atoms with E-state index in [9.17, 15) is 18.0 Å². The average Bonchev–Trinajstić information content (AvgIpc) is 3.06. The molecule has 1 N–H and O–H groups in total. The Hall–Kier alpha value is -3.80. The molecule has 2 amide bonds. The lowest BCUT2D eigenvalue weighted by molar-refractivity contribution is -0.139. The number of rotatable bonds is 14. The van der Waals surface area contributed by atoms with E-state index < -0.39 is 28.5 Å². The van der Waals surface area contributed by atoms with Crippen molar-refractivity contribution in [3.63, 3.8) is 0 Å². The van der Waals surface area contributed by atoms with E-state index in [0.717, 1.165) is 24.8 Å². The standard InChI is InChI=1S/C34H36BrN3O5S2/c1-4-43-29-16-14-28(15-17-29)38(45(41,42)31-20-18-30(44-3)19-21-31)24-33(39)37(23-26-10-12-27(35)13-11-26)32(34(40)36-2)22-25-8-6-5-7-9-25/h5-21,32H,4,22-24H2,1-3H3,(H,36,40)/t32-/m1/s1. The number of anilines is 1. The number of hydrogen-bond acceptors (Lipinski definition) is 6. The summed E-state index contributed by atoms with van der Waals surface area (Å²) in [5.41, 5.74) is 1.95. The van der Waals surface area contributed by atoms with Crippen LogP contribution in [0.1, 0.15) is 18.1 Å². The molecule has 4 rings (SSSR count). The van der Waals surface area contributed by atoms with Crippen LogP contribution in [0.25, 0.3) is 0 Å². The van der Waals surface area contributed by atoms with Crippen molar-refractivity contribution in [2.75, 3.05) is 30.8 Å². The van der Waals surface area contributed by atoms with E-state index in [1.165, 1.54) is 35.8 Å². The van der Waals surface area contributed by atoms with Crippen LogP contribution in [-0.2, 0) is 32.6 Å². The van der Waals surface area contributed by atoms with Crippen LogP contribution in [0.4, 0.5) is 5.69 Å². The largest absolute Gasteiger partial charge is 0.494 e. The first-order valence-electron chi connectivity index (χ1n) is 14.3. The molecular weight excluding hydrogens is 674 g/mol. The van der Waals surface area contributed by atoms with Gasteiger partial charge in [0, 0.05) is 29.4 Å². The van der Waals surface area contributed by atoms with Crippen LogP contribution in [0.5, 0.6) is 5.75 Å². The highest BCUT2D eigenvalue weighted by Gasteiger charge is 2.34. The molecule has 45 heavy (non-hydrogen) atoms. The smallest absolute Gasteiger partial charge is 0.264 e. The third-order valence-electron chi connectivity index (χ3n) is 7.15. The maximum atomic E-state index is 14.4. The highest BCUT2D eigenvalue weighted by molar-refractivity contribution is 9.10. The Morgan fingerprint density at radius 2 is 1.53 bits per heavy atom. The van der Waals surface area contributed by atoms with Crippen LogP contribution < -0.4 is 14.4 Å². The van der Waals surface area contributed by atoms with Gasteiger partial charge in [0.15, 0.2) is 0 Å². The molecule has 0 aromatic heterocycles. The Balaban J connectivity index is 1.78. The minimum atomic E-state index is -4.19. The van der Waals surface area contributed by atoms with Crippen molar-refractivity contribution in [2.24, 2.45) is 0 Å². The summed E-state index contributed by atoms with van der Waals surface area (Å²) in [4.78, 5) is 30.2. The molecule has 0 aliphatic heterocycles. The summed E-state index contributed by atoms with van der Waals surface area (Å²) in [5, 5.41) is 2.70. The van der Waals surface area contributed by atoms with Gasteiger partial charge in [-0.15, -0.1) is 11.8 Å². The second-order valence-electron chi connectivity index (χ2n) is 10.1. The number of amides is 2. The van der Waals surface area contributed by atoms with Crippen molar-refractivity contribution >= 4 is 55.2 Å². The second-order valence-corrected chi connectivity index (χ2v) is 13.7. The molecule has 0 heterocycles. The van der Waals surface area contributed by atoms with Crippen molar-refractivity contribution in [2.45, 2.75) is 35.7 Å². The fraction of sp³-hybridized carbons (Fsp3) is 0.235. The van der Waals surface area contributed by atoms with Gasteiger partial charge in [0.25, 0.3) is 10.0 Å². The molecule has 4 aromatic carbocycles. The van der Waals surface area contributed by atoms with E-state index in [1.54, 1.807) is 36.4 Å². The van der Waals surface area contributed by atoms with Gasteiger partial charge >= 0.3 is 0 Å². The first-order chi connectivity index (χ1) is 21.7. The predicted octanol–water partition coefficient (Wildman–Crippen LogP) is 6.15. The third-order valence-corrected chi connectivity index (χ3v) is 10.2. The molecule has 0 unspecified atom stereocenters. The van der Waals surface area contributed by atoms with Crippen LogP contribution >= 0.6 is 27.7 Å². The van der Waals surface area contributed by atoms with E-state index in [2.05, 4.69) is 21.2 Å². The number of sulfonamides is 1. The third kappa shape index (κ3) is 8.90. The summed E-state index contributed by atoms with van der Waals surface area (Å²) in [5.74, 6) is -0.304. The molecule has 0 fully saturated rings. The molecule has 0 bridgehead atoms.